The third-order valence-electron chi connectivity index (χ3n) is 7.17. The van der Waals surface area contributed by atoms with Gasteiger partial charge in [-0.1, -0.05) is 32.0 Å². The van der Waals surface area contributed by atoms with Crippen LogP contribution in [0.1, 0.15) is 51.5 Å². The zero-order valence-electron chi connectivity index (χ0n) is 23.6. The third kappa shape index (κ3) is 8.68. The van der Waals surface area contributed by atoms with Crippen LogP contribution in [-0.2, 0) is 25.6 Å². The molecule has 0 radical (unpaired) electrons. The maximum absolute atomic E-state index is 13.7. The van der Waals surface area contributed by atoms with Crippen molar-refractivity contribution in [2.24, 2.45) is 28.1 Å². The molecule has 3 rings (SSSR count). The number of hydrogen-bond acceptors (Lipinski definition) is 6. The molecule has 1 saturated heterocycles. The van der Waals surface area contributed by atoms with Crippen molar-refractivity contribution < 1.29 is 24.3 Å². The van der Waals surface area contributed by atoms with Gasteiger partial charge in [0.2, 0.25) is 17.7 Å². The van der Waals surface area contributed by atoms with Gasteiger partial charge >= 0.3 is 5.97 Å². The number of likely N-dealkylation sites (tertiary alicyclic amines) is 1. The fourth-order valence-electron chi connectivity index (χ4n) is 5.13. The van der Waals surface area contributed by atoms with Gasteiger partial charge in [0.15, 0.2) is 5.96 Å². The molecule has 0 saturated carbocycles. The first-order valence-electron chi connectivity index (χ1n) is 14.0. The lowest BCUT2D eigenvalue weighted by molar-refractivity contribution is -0.145. The Morgan fingerprint density at radius 1 is 1.15 bits per heavy atom. The number of carbonyl (C=O) groups is 4. The average molecular weight is 571 g/mol. The van der Waals surface area contributed by atoms with E-state index >= 15 is 0 Å². The van der Waals surface area contributed by atoms with Crippen LogP contribution in [-0.4, -0.2) is 81.9 Å². The summed E-state index contributed by atoms with van der Waals surface area (Å²) in [7, 11) is 0. The number of aliphatic carboxylic acids is 1. The van der Waals surface area contributed by atoms with E-state index in [9.17, 15) is 24.3 Å². The van der Waals surface area contributed by atoms with Crippen molar-refractivity contribution in [2.45, 2.75) is 76.5 Å². The number of carbonyl (C=O) groups excluding carboxylic acids is 3. The molecule has 2 aromatic rings. The second-order valence-corrected chi connectivity index (χ2v) is 10.9. The van der Waals surface area contributed by atoms with Gasteiger partial charge in [0, 0.05) is 30.2 Å². The minimum Gasteiger partial charge on any atom is -0.480 e. The molecule has 0 bridgehead atoms. The van der Waals surface area contributed by atoms with Gasteiger partial charge in [-0.3, -0.25) is 19.4 Å². The molecule has 1 aliphatic rings. The number of fused-ring (bicyclic) bond motifs is 1. The van der Waals surface area contributed by atoms with Crippen molar-refractivity contribution >= 4 is 40.6 Å². The highest BCUT2D eigenvalue weighted by Gasteiger charge is 2.39. The zero-order valence-corrected chi connectivity index (χ0v) is 23.6. The van der Waals surface area contributed by atoms with E-state index in [4.69, 9.17) is 17.2 Å². The highest BCUT2D eigenvalue weighted by atomic mass is 16.4. The van der Waals surface area contributed by atoms with E-state index in [1.54, 1.807) is 0 Å². The predicted molar refractivity (Wildman–Crippen MR) is 156 cm³/mol. The average Bonchev–Trinajstić information content (AvgIpc) is 3.57. The predicted octanol–water partition coefficient (Wildman–Crippen LogP) is 0.183. The van der Waals surface area contributed by atoms with Gasteiger partial charge in [-0.2, -0.15) is 0 Å². The van der Waals surface area contributed by atoms with Crippen molar-refractivity contribution in [1.82, 2.24) is 20.5 Å². The molecule has 41 heavy (non-hydrogen) atoms. The Bertz CT molecular complexity index is 1260. The Morgan fingerprint density at radius 2 is 1.88 bits per heavy atom. The number of benzene rings is 1. The number of guanidine groups is 1. The van der Waals surface area contributed by atoms with E-state index < -0.39 is 47.9 Å². The number of carboxylic acid groups (broad SMARTS) is 1. The molecule has 1 aromatic heterocycles. The second kappa shape index (κ2) is 14.5. The monoisotopic (exact) mass is 570 g/mol. The summed E-state index contributed by atoms with van der Waals surface area (Å²) in [5.41, 5.74) is 18.9. The van der Waals surface area contributed by atoms with E-state index in [1.165, 1.54) is 4.90 Å². The topological polar surface area (TPSA) is 222 Å². The highest BCUT2D eigenvalue weighted by Crippen LogP contribution is 2.21. The number of H-pyrrole nitrogens is 1. The minimum atomic E-state index is -1.13. The Kier molecular flexibility index (Phi) is 11.1. The van der Waals surface area contributed by atoms with Crippen molar-refractivity contribution in [2.75, 3.05) is 13.1 Å². The Balaban J connectivity index is 1.72. The first-order chi connectivity index (χ1) is 19.5. The minimum absolute atomic E-state index is 0.0518. The summed E-state index contributed by atoms with van der Waals surface area (Å²) in [5.74, 6) is -2.61. The molecule has 2 heterocycles. The van der Waals surface area contributed by atoms with E-state index in [1.807, 2.05) is 44.3 Å². The van der Waals surface area contributed by atoms with Crippen LogP contribution in [0.15, 0.2) is 35.5 Å². The number of aliphatic imine (C=N–C) groups is 1. The maximum atomic E-state index is 13.7. The number of rotatable bonds is 14. The number of aromatic nitrogens is 1. The van der Waals surface area contributed by atoms with Gasteiger partial charge in [0.1, 0.15) is 18.1 Å². The van der Waals surface area contributed by atoms with Gasteiger partial charge < -0.3 is 42.8 Å². The lowest BCUT2D eigenvalue weighted by Gasteiger charge is -2.30. The molecule has 4 atom stereocenters. The molecule has 13 nitrogen and oxygen atoms in total. The Hall–Kier alpha value is -4.13. The summed E-state index contributed by atoms with van der Waals surface area (Å²) in [6.45, 7) is 4.29. The van der Waals surface area contributed by atoms with Crippen LogP contribution in [0, 0.1) is 5.92 Å². The number of aromatic amines is 1. The van der Waals surface area contributed by atoms with Gasteiger partial charge in [0.25, 0.3) is 0 Å². The number of para-hydroxylation sites is 1. The number of carboxylic acids is 1. The van der Waals surface area contributed by atoms with Gasteiger partial charge in [0.05, 0.1) is 6.04 Å². The summed E-state index contributed by atoms with van der Waals surface area (Å²) < 4.78 is 0. The largest absolute Gasteiger partial charge is 0.480 e. The summed E-state index contributed by atoms with van der Waals surface area (Å²) in [6.07, 6.45) is 3.91. The Labute approximate surface area is 239 Å². The summed E-state index contributed by atoms with van der Waals surface area (Å²) >= 11 is 0. The van der Waals surface area contributed by atoms with Gasteiger partial charge in [-0.25, -0.2) is 4.79 Å². The van der Waals surface area contributed by atoms with Crippen LogP contribution in [0.25, 0.3) is 10.9 Å². The summed E-state index contributed by atoms with van der Waals surface area (Å²) in [5, 5.41) is 15.9. The number of nitrogens with one attached hydrogen (secondary N) is 3. The van der Waals surface area contributed by atoms with E-state index in [2.05, 4.69) is 20.6 Å². The molecule has 1 aliphatic heterocycles. The van der Waals surface area contributed by atoms with Crippen LogP contribution < -0.4 is 27.8 Å². The van der Waals surface area contributed by atoms with E-state index in [0.29, 0.717) is 25.8 Å². The number of nitrogens with two attached hydrogens (primary N) is 3. The van der Waals surface area contributed by atoms with Crippen LogP contribution in [0.5, 0.6) is 0 Å². The van der Waals surface area contributed by atoms with E-state index in [-0.39, 0.29) is 37.7 Å². The molecule has 0 spiro atoms. The molecule has 0 aliphatic carbocycles. The van der Waals surface area contributed by atoms with Crippen LogP contribution in [0.2, 0.25) is 0 Å². The smallest absolute Gasteiger partial charge is 0.326 e. The number of hydrogen-bond donors (Lipinski definition) is 7. The van der Waals surface area contributed by atoms with Crippen molar-refractivity contribution in [1.29, 1.82) is 0 Å². The summed E-state index contributed by atoms with van der Waals surface area (Å²) in [6, 6.07) is 3.89. The molecule has 224 valence electrons. The number of nitrogens with zero attached hydrogens (tertiary/aromatic N) is 2. The standard InChI is InChI=1S/C28H42N8O5/c1-16(2)13-22(27(40)41)35-25(38)23-10-6-12-36(23)26(39)21(9-5-11-32-28(30)31)34-24(37)19(29)14-17-15-33-20-8-4-3-7-18(17)20/h3-4,7-8,15-16,19,21-23,33H,5-6,9-14,29H2,1-2H3,(H,34,37)(H,35,38)(H,40,41)(H4,30,31,32). The maximum Gasteiger partial charge on any atom is 0.326 e. The molecule has 1 fully saturated rings. The fraction of sp³-hybridized carbons (Fsp3) is 0.536. The van der Waals surface area contributed by atoms with Crippen molar-refractivity contribution in [3.05, 3.63) is 36.0 Å². The molecular formula is C28H42N8O5. The normalized spacial score (nSPS) is 17.2. The summed E-state index contributed by atoms with van der Waals surface area (Å²) in [4.78, 5) is 60.2. The van der Waals surface area contributed by atoms with Gasteiger partial charge in [-0.15, -0.1) is 0 Å². The second-order valence-electron chi connectivity index (χ2n) is 10.9. The first kappa shape index (κ1) is 31.4. The van der Waals surface area contributed by atoms with Crippen LogP contribution in [0.3, 0.4) is 0 Å². The van der Waals surface area contributed by atoms with Crippen LogP contribution in [0.4, 0.5) is 0 Å². The van der Waals surface area contributed by atoms with Crippen LogP contribution >= 0.6 is 0 Å². The van der Waals surface area contributed by atoms with E-state index in [0.717, 1.165) is 16.5 Å². The lowest BCUT2D eigenvalue weighted by atomic mass is 10.0. The molecular weight excluding hydrogens is 528 g/mol. The first-order valence-corrected chi connectivity index (χ1v) is 14.0. The zero-order chi connectivity index (χ0) is 30.1. The molecule has 3 amide bonds. The third-order valence-corrected chi connectivity index (χ3v) is 7.17. The molecule has 10 N–H and O–H groups in total. The SMILES string of the molecule is CC(C)CC(NC(=O)C1CCCN1C(=O)C(CCCN=C(N)N)NC(=O)C(N)Cc1c[nH]c2ccccc12)C(=O)O. The van der Waals surface area contributed by atoms with Crippen molar-refractivity contribution in [3.63, 3.8) is 0 Å². The number of amides is 3. The molecule has 13 heteroatoms. The molecule has 4 unspecified atom stereocenters. The lowest BCUT2D eigenvalue weighted by Crippen LogP contribution is -2.57. The Morgan fingerprint density at radius 3 is 2.56 bits per heavy atom. The highest BCUT2D eigenvalue weighted by molar-refractivity contribution is 5.95. The van der Waals surface area contributed by atoms with Crippen molar-refractivity contribution in [3.8, 4) is 0 Å². The fourth-order valence-corrected chi connectivity index (χ4v) is 5.13. The quantitative estimate of drug-likeness (QED) is 0.0940. The van der Waals surface area contributed by atoms with Gasteiger partial charge in [-0.05, 0) is 56.1 Å². The molecule has 1 aromatic carbocycles.